The van der Waals surface area contributed by atoms with Gasteiger partial charge in [-0.2, -0.15) is 0 Å². The molecule has 0 radical (unpaired) electrons. The normalized spacial score (nSPS) is 5.94. The zero-order chi connectivity index (χ0) is 13.6. The Balaban J connectivity index is -0.000000106. The number of hydrogen-bond acceptors (Lipinski definition) is 1. The van der Waals surface area contributed by atoms with Crippen molar-refractivity contribution >= 4 is 0 Å². The fraction of sp³-hybridized carbons (Fsp3) is 0.182. The summed E-state index contributed by atoms with van der Waals surface area (Å²) in [6.07, 6.45) is 0. The van der Waals surface area contributed by atoms with Gasteiger partial charge >= 0.3 is 51.3 Å². The molecular weight excluding hydrogens is 267 g/mol. The average Bonchev–Trinajstić information content (AvgIpc) is 2.37. The van der Waals surface area contributed by atoms with Gasteiger partial charge in [0.05, 0.1) is 7.11 Å². The average molecular weight is 276 g/mol. The Bertz CT molecular complexity index is 333. The second-order valence-corrected chi connectivity index (χ2v) is 2.14. The maximum atomic E-state index is 12.7. The molecule has 4 nitrogen and oxygen atoms in total. The summed E-state index contributed by atoms with van der Waals surface area (Å²) in [4.78, 5) is 0. The summed E-state index contributed by atoms with van der Waals surface area (Å²) in [6.45, 7) is 15.3. The minimum Gasteiger partial charge on any atom is 6.00 e. The topological polar surface area (TPSA) is 68.9 Å². The van der Waals surface area contributed by atoms with Gasteiger partial charge in [0.2, 0.25) is 0 Å². The van der Waals surface area contributed by atoms with Crippen molar-refractivity contribution in [2.75, 3.05) is 7.11 Å². The summed E-state index contributed by atoms with van der Waals surface area (Å²) in [5.41, 5.74) is 0.901. The van der Waals surface area contributed by atoms with Gasteiger partial charge in [0.15, 0.2) is 11.6 Å². The number of rotatable bonds is 1. The fourth-order valence-electron chi connectivity index (χ4n) is 0.771. The Morgan fingerprint density at radius 1 is 1.06 bits per heavy atom. The van der Waals surface area contributed by atoms with Crippen LogP contribution in [0, 0.1) is 32.7 Å². The SMILES string of the molecule is COc1ccc(C)cc1F.[C-]#[O+].[C-]#[O+].[C-]#[O+].[Cr+6]. The summed E-state index contributed by atoms with van der Waals surface area (Å²) < 4.78 is 40.0. The Morgan fingerprint density at radius 2 is 1.47 bits per heavy atom. The first-order valence-corrected chi connectivity index (χ1v) is 3.65. The minimum atomic E-state index is -0.303. The van der Waals surface area contributed by atoms with E-state index in [1.54, 1.807) is 6.07 Å². The number of methoxy groups -OCH3 is 1. The molecular formula is C11H9CrFO4+6. The van der Waals surface area contributed by atoms with E-state index in [4.69, 9.17) is 18.7 Å². The van der Waals surface area contributed by atoms with Crippen LogP contribution in [0.1, 0.15) is 5.56 Å². The van der Waals surface area contributed by atoms with E-state index >= 15 is 0 Å². The summed E-state index contributed by atoms with van der Waals surface area (Å²) in [5, 5.41) is 0. The quantitative estimate of drug-likeness (QED) is 0.571. The Kier molecular flexibility index (Phi) is 29.4. The van der Waals surface area contributed by atoms with Crippen LogP contribution in [0.25, 0.3) is 0 Å². The zero-order valence-corrected chi connectivity index (χ0v) is 10.4. The molecule has 0 amide bonds. The van der Waals surface area contributed by atoms with Crippen molar-refractivity contribution in [1.82, 2.24) is 0 Å². The second-order valence-electron chi connectivity index (χ2n) is 2.14. The van der Waals surface area contributed by atoms with Gasteiger partial charge in [-0.15, -0.1) is 0 Å². The van der Waals surface area contributed by atoms with Crippen LogP contribution in [-0.2, 0) is 31.3 Å². The third-order valence-electron chi connectivity index (χ3n) is 1.31. The molecule has 0 aliphatic carbocycles. The smallest absolute Gasteiger partial charge is 6.00 e. The number of ether oxygens (including phenoxy) is 1. The van der Waals surface area contributed by atoms with Gasteiger partial charge in [-0.25, -0.2) is 4.39 Å². The second kappa shape index (κ2) is 20.2. The van der Waals surface area contributed by atoms with Gasteiger partial charge in [0.25, 0.3) is 0 Å². The van der Waals surface area contributed by atoms with E-state index in [0.717, 1.165) is 5.56 Å². The van der Waals surface area contributed by atoms with Crippen LogP contribution in [0.4, 0.5) is 4.39 Å². The van der Waals surface area contributed by atoms with E-state index in [9.17, 15) is 4.39 Å². The van der Waals surface area contributed by atoms with Crippen molar-refractivity contribution in [2.45, 2.75) is 6.92 Å². The Hall–Kier alpha value is -1.30. The van der Waals surface area contributed by atoms with Crippen LogP contribution in [0.2, 0.25) is 0 Å². The Morgan fingerprint density at radius 3 is 1.76 bits per heavy atom. The standard InChI is InChI=1S/C8H9FO.3CO.Cr/c1-6-3-4-8(10-2)7(9)5-6;3*1-2;/h3-5H,1-2H3;;;;/q;;;;+6. The maximum absolute atomic E-state index is 12.7. The minimum absolute atomic E-state index is 0. The first kappa shape index (κ1) is 24.8. The summed E-state index contributed by atoms with van der Waals surface area (Å²) in [5.74, 6) is -0.00639. The van der Waals surface area contributed by atoms with Crippen LogP contribution >= 0.6 is 0 Å². The molecule has 0 heterocycles. The van der Waals surface area contributed by atoms with E-state index in [2.05, 4.69) is 20.0 Å². The first-order valence-electron chi connectivity index (χ1n) is 3.65. The molecule has 1 aromatic carbocycles. The van der Waals surface area contributed by atoms with Crippen LogP contribution in [0.3, 0.4) is 0 Å². The van der Waals surface area contributed by atoms with Crippen molar-refractivity contribution in [3.8, 4) is 5.75 Å². The molecule has 1 rings (SSSR count). The Labute approximate surface area is 110 Å². The van der Waals surface area contributed by atoms with Crippen molar-refractivity contribution in [2.24, 2.45) is 0 Å². The third kappa shape index (κ3) is 12.6. The van der Waals surface area contributed by atoms with Crippen molar-refractivity contribution < 1.29 is 40.4 Å². The molecule has 6 heteroatoms. The van der Waals surface area contributed by atoms with Crippen LogP contribution < -0.4 is 4.74 Å². The summed E-state index contributed by atoms with van der Waals surface area (Å²) in [6, 6.07) is 4.87. The number of halogens is 1. The van der Waals surface area contributed by atoms with Gasteiger partial charge in [0, 0.05) is 0 Å². The predicted octanol–water partition coefficient (Wildman–Crippen LogP) is 2.03. The summed E-state index contributed by atoms with van der Waals surface area (Å²) in [7, 11) is 1.45. The molecule has 0 aliphatic rings. The fourth-order valence-corrected chi connectivity index (χ4v) is 0.771. The molecule has 1 aromatic rings. The molecule has 0 aromatic heterocycles. The first-order chi connectivity index (χ1) is 7.74. The van der Waals surface area contributed by atoms with Crippen molar-refractivity contribution in [1.29, 1.82) is 0 Å². The van der Waals surface area contributed by atoms with E-state index in [1.807, 2.05) is 13.0 Å². The van der Waals surface area contributed by atoms with Crippen molar-refractivity contribution in [3.05, 3.63) is 49.5 Å². The largest absolute Gasteiger partial charge is 6.00 e. The zero-order valence-electron chi connectivity index (χ0n) is 9.15. The molecule has 0 spiro atoms. The van der Waals surface area contributed by atoms with Crippen LogP contribution in [-0.4, -0.2) is 7.11 Å². The van der Waals surface area contributed by atoms with Crippen LogP contribution in [0.15, 0.2) is 18.2 Å². The van der Waals surface area contributed by atoms with Gasteiger partial charge < -0.3 is 4.74 Å². The van der Waals surface area contributed by atoms with Crippen molar-refractivity contribution in [3.63, 3.8) is 0 Å². The molecule has 0 unspecified atom stereocenters. The molecule has 0 fully saturated rings. The predicted molar refractivity (Wildman–Crippen MR) is 49.5 cm³/mol. The molecule has 0 aliphatic heterocycles. The van der Waals surface area contributed by atoms with E-state index in [1.165, 1.54) is 13.2 Å². The monoisotopic (exact) mass is 276 g/mol. The third-order valence-corrected chi connectivity index (χ3v) is 1.31. The van der Waals surface area contributed by atoms with E-state index in [-0.39, 0.29) is 23.2 Å². The molecule has 0 saturated carbocycles. The van der Waals surface area contributed by atoms with Gasteiger partial charge in [-0.3, -0.25) is 0 Å². The van der Waals surface area contributed by atoms with Crippen LogP contribution in [0.5, 0.6) is 5.75 Å². The molecule has 0 N–H and O–H groups in total. The summed E-state index contributed by atoms with van der Waals surface area (Å²) >= 11 is 0. The number of hydrogen-bond donors (Lipinski definition) is 0. The number of benzene rings is 1. The maximum Gasteiger partial charge on any atom is 6.00 e. The van der Waals surface area contributed by atoms with Gasteiger partial charge in [-0.1, -0.05) is 6.07 Å². The molecule has 0 atom stereocenters. The molecule has 0 bridgehead atoms. The van der Waals surface area contributed by atoms with Gasteiger partial charge in [-0.05, 0) is 24.6 Å². The molecule has 17 heavy (non-hydrogen) atoms. The molecule has 84 valence electrons. The van der Waals surface area contributed by atoms with E-state index in [0.29, 0.717) is 5.75 Å². The van der Waals surface area contributed by atoms with E-state index < -0.39 is 0 Å². The number of aryl methyl sites for hydroxylation is 1. The van der Waals surface area contributed by atoms with Gasteiger partial charge in [0.1, 0.15) is 0 Å². The molecule has 0 saturated heterocycles.